The summed E-state index contributed by atoms with van der Waals surface area (Å²) in [5.41, 5.74) is 0.636. The number of non-ortho nitro benzene ring substituents is 1. The molecule has 0 radical (unpaired) electrons. The first-order valence-corrected chi connectivity index (χ1v) is 6.78. The predicted octanol–water partition coefficient (Wildman–Crippen LogP) is 1.88. The number of benzene rings is 1. The number of amides is 2. The molecule has 0 fully saturated rings. The number of carbonyl (C=O) groups excluding carboxylic acids is 2. The predicted molar refractivity (Wildman–Crippen MR) is 85.9 cm³/mol. The van der Waals surface area contributed by atoms with Crippen LogP contribution in [0.5, 0.6) is 5.75 Å². The molecule has 2 N–H and O–H groups in total. The van der Waals surface area contributed by atoms with Gasteiger partial charge >= 0.3 is 11.8 Å². The van der Waals surface area contributed by atoms with Crippen molar-refractivity contribution in [2.45, 2.75) is 6.92 Å². The van der Waals surface area contributed by atoms with Crippen LogP contribution in [0.25, 0.3) is 0 Å². The van der Waals surface area contributed by atoms with Gasteiger partial charge < -0.3 is 15.4 Å². The summed E-state index contributed by atoms with van der Waals surface area (Å²) in [6, 6.07) is 7.00. The van der Waals surface area contributed by atoms with Crippen molar-refractivity contribution in [3.63, 3.8) is 0 Å². The van der Waals surface area contributed by atoms with Crippen LogP contribution >= 0.6 is 0 Å². The number of nitrogens with one attached hydrogen (secondary N) is 2. The molecular formula is C15H14N4O5. The first kappa shape index (κ1) is 16.9. The standard InChI is InChI=1S/C15H14N4O5/c1-9-5-6-16-13(7-9)18-15(21)14(20)17-11-8-10(19(22)23)3-4-12(11)24-2/h3-8H,1-2H3,(H,17,20)(H,16,18,21). The lowest BCUT2D eigenvalue weighted by atomic mass is 10.2. The highest BCUT2D eigenvalue weighted by molar-refractivity contribution is 6.43. The average molecular weight is 330 g/mol. The van der Waals surface area contributed by atoms with E-state index in [1.54, 1.807) is 12.1 Å². The number of anilines is 2. The summed E-state index contributed by atoms with van der Waals surface area (Å²) in [5.74, 6) is -1.55. The normalized spacial score (nSPS) is 9.92. The summed E-state index contributed by atoms with van der Waals surface area (Å²) in [5, 5.41) is 15.4. The summed E-state index contributed by atoms with van der Waals surface area (Å²) < 4.78 is 5.01. The number of rotatable bonds is 4. The van der Waals surface area contributed by atoms with E-state index in [0.717, 1.165) is 11.6 Å². The van der Waals surface area contributed by atoms with Crippen molar-refractivity contribution in [3.8, 4) is 5.75 Å². The van der Waals surface area contributed by atoms with Crippen molar-refractivity contribution in [1.82, 2.24) is 4.98 Å². The number of nitro groups is 1. The Morgan fingerprint density at radius 3 is 2.50 bits per heavy atom. The largest absolute Gasteiger partial charge is 0.495 e. The van der Waals surface area contributed by atoms with Crippen LogP contribution in [0.3, 0.4) is 0 Å². The molecular weight excluding hydrogens is 316 g/mol. The zero-order valence-corrected chi connectivity index (χ0v) is 12.9. The van der Waals surface area contributed by atoms with Gasteiger partial charge in [-0.3, -0.25) is 19.7 Å². The van der Waals surface area contributed by atoms with E-state index < -0.39 is 16.7 Å². The molecule has 9 heteroatoms. The third-order valence-corrected chi connectivity index (χ3v) is 3.01. The van der Waals surface area contributed by atoms with Gasteiger partial charge in [-0.2, -0.15) is 0 Å². The fraction of sp³-hybridized carbons (Fsp3) is 0.133. The molecule has 0 bridgehead atoms. The number of hydrogen-bond donors (Lipinski definition) is 2. The molecule has 2 amide bonds. The average Bonchev–Trinajstić information content (AvgIpc) is 2.54. The van der Waals surface area contributed by atoms with E-state index in [-0.39, 0.29) is 22.9 Å². The summed E-state index contributed by atoms with van der Waals surface area (Å²) in [6.45, 7) is 1.81. The lowest BCUT2D eigenvalue weighted by Crippen LogP contribution is -2.29. The number of carbonyl (C=O) groups is 2. The van der Waals surface area contributed by atoms with E-state index in [2.05, 4.69) is 15.6 Å². The van der Waals surface area contributed by atoms with Crippen LogP contribution in [0.15, 0.2) is 36.5 Å². The first-order valence-electron chi connectivity index (χ1n) is 6.78. The molecule has 0 unspecified atom stereocenters. The number of nitro benzene ring substituents is 1. The number of methoxy groups -OCH3 is 1. The Labute approximate surface area is 136 Å². The minimum atomic E-state index is -1.00. The fourth-order valence-corrected chi connectivity index (χ4v) is 1.86. The molecule has 1 aromatic heterocycles. The Hall–Kier alpha value is -3.49. The maximum atomic E-state index is 12.0. The Morgan fingerprint density at radius 1 is 1.17 bits per heavy atom. The number of aromatic nitrogens is 1. The van der Waals surface area contributed by atoms with Crippen molar-refractivity contribution in [2.75, 3.05) is 17.7 Å². The Bertz CT molecular complexity index is 806. The lowest BCUT2D eigenvalue weighted by Gasteiger charge is -2.10. The van der Waals surface area contributed by atoms with Crippen LogP contribution in [0, 0.1) is 17.0 Å². The van der Waals surface area contributed by atoms with Crippen LogP contribution in [-0.4, -0.2) is 28.8 Å². The van der Waals surface area contributed by atoms with Crippen molar-refractivity contribution in [3.05, 3.63) is 52.2 Å². The van der Waals surface area contributed by atoms with E-state index in [4.69, 9.17) is 4.74 Å². The molecule has 1 aromatic carbocycles. The van der Waals surface area contributed by atoms with Crippen LogP contribution < -0.4 is 15.4 Å². The van der Waals surface area contributed by atoms with Gasteiger partial charge in [0.2, 0.25) is 0 Å². The molecule has 0 aliphatic rings. The maximum absolute atomic E-state index is 12.0. The smallest absolute Gasteiger partial charge is 0.315 e. The maximum Gasteiger partial charge on any atom is 0.315 e. The summed E-state index contributed by atoms with van der Waals surface area (Å²) in [4.78, 5) is 38.0. The zero-order chi connectivity index (χ0) is 17.7. The summed E-state index contributed by atoms with van der Waals surface area (Å²) in [6.07, 6.45) is 1.49. The topological polar surface area (TPSA) is 123 Å². The number of ether oxygens (including phenoxy) is 1. The summed E-state index contributed by atoms with van der Waals surface area (Å²) in [7, 11) is 1.34. The molecule has 124 valence electrons. The second kappa shape index (κ2) is 7.18. The fourth-order valence-electron chi connectivity index (χ4n) is 1.86. The molecule has 0 aliphatic carbocycles. The highest BCUT2D eigenvalue weighted by Crippen LogP contribution is 2.28. The number of hydrogen-bond acceptors (Lipinski definition) is 6. The Kier molecular flexibility index (Phi) is 5.05. The number of aryl methyl sites for hydroxylation is 1. The minimum absolute atomic E-state index is 0.0176. The van der Waals surface area contributed by atoms with Gasteiger partial charge in [-0.15, -0.1) is 0 Å². The molecule has 0 saturated carbocycles. The SMILES string of the molecule is COc1ccc([N+](=O)[O-])cc1NC(=O)C(=O)Nc1cc(C)ccn1. The summed E-state index contributed by atoms with van der Waals surface area (Å²) >= 11 is 0. The third kappa shape index (κ3) is 4.03. The second-order valence-corrected chi connectivity index (χ2v) is 4.77. The monoisotopic (exact) mass is 330 g/mol. The first-order chi connectivity index (χ1) is 11.4. The molecule has 0 atom stereocenters. The van der Waals surface area contributed by atoms with Gasteiger partial charge in [-0.25, -0.2) is 4.98 Å². The van der Waals surface area contributed by atoms with Gasteiger partial charge in [0.25, 0.3) is 5.69 Å². The number of pyridine rings is 1. The second-order valence-electron chi connectivity index (χ2n) is 4.77. The van der Waals surface area contributed by atoms with E-state index in [9.17, 15) is 19.7 Å². The van der Waals surface area contributed by atoms with E-state index in [0.29, 0.717) is 0 Å². The highest BCUT2D eigenvalue weighted by atomic mass is 16.6. The van der Waals surface area contributed by atoms with Crippen LogP contribution in [0.4, 0.5) is 17.2 Å². The van der Waals surface area contributed by atoms with Crippen molar-refractivity contribution in [1.29, 1.82) is 0 Å². The molecule has 1 heterocycles. The molecule has 9 nitrogen and oxygen atoms in total. The lowest BCUT2D eigenvalue weighted by molar-refractivity contribution is -0.384. The zero-order valence-electron chi connectivity index (χ0n) is 12.9. The van der Waals surface area contributed by atoms with E-state index in [1.807, 2.05) is 6.92 Å². The van der Waals surface area contributed by atoms with Crippen LogP contribution in [0.1, 0.15) is 5.56 Å². The third-order valence-electron chi connectivity index (χ3n) is 3.01. The minimum Gasteiger partial charge on any atom is -0.495 e. The van der Waals surface area contributed by atoms with Gasteiger partial charge in [0.05, 0.1) is 17.7 Å². The molecule has 0 aliphatic heterocycles. The molecule has 0 saturated heterocycles. The van der Waals surface area contributed by atoms with E-state index >= 15 is 0 Å². The van der Waals surface area contributed by atoms with Crippen molar-refractivity contribution < 1.29 is 19.2 Å². The highest BCUT2D eigenvalue weighted by Gasteiger charge is 2.19. The van der Waals surface area contributed by atoms with Gasteiger partial charge in [0.15, 0.2) is 0 Å². The van der Waals surface area contributed by atoms with Gasteiger partial charge in [0.1, 0.15) is 11.6 Å². The quantitative estimate of drug-likeness (QED) is 0.501. The van der Waals surface area contributed by atoms with Gasteiger partial charge in [0, 0.05) is 18.3 Å². The Morgan fingerprint density at radius 2 is 1.88 bits per heavy atom. The Balaban J connectivity index is 2.15. The van der Waals surface area contributed by atoms with Crippen molar-refractivity contribution in [2.24, 2.45) is 0 Å². The molecule has 2 aromatic rings. The molecule has 24 heavy (non-hydrogen) atoms. The van der Waals surface area contributed by atoms with Crippen LogP contribution in [-0.2, 0) is 9.59 Å². The van der Waals surface area contributed by atoms with Crippen LogP contribution in [0.2, 0.25) is 0 Å². The molecule has 0 spiro atoms. The van der Waals surface area contributed by atoms with Gasteiger partial charge in [-0.05, 0) is 30.7 Å². The number of nitrogens with zero attached hydrogens (tertiary/aromatic N) is 2. The van der Waals surface area contributed by atoms with Gasteiger partial charge in [-0.1, -0.05) is 0 Å². The van der Waals surface area contributed by atoms with E-state index in [1.165, 1.54) is 25.4 Å². The molecule has 2 rings (SSSR count). The van der Waals surface area contributed by atoms with Crippen molar-refractivity contribution >= 4 is 29.0 Å².